The van der Waals surface area contributed by atoms with Crippen molar-refractivity contribution >= 4 is 23.5 Å². The molecule has 3 aliphatic rings. The lowest BCUT2D eigenvalue weighted by Crippen LogP contribution is -2.54. The number of likely N-dealkylation sites (tertiary alicyclic amines) is 1. The molecular weight excluding hydrogens is 573 g/mol. The van der Waals surface area contributed by atoms with Crippen molar-refractivity contribution in [3.05, 3.63) is 0 Å². The number of ketones is 1. The summed E-state index contributed by atoms with van der Waals surface area (Å²) in [6, 6.07) is -3.24. The van der Waals surface area contributed by atoms with E-state index in [0.29, 0.717) is 17.7 Å². The lowest BCUT2D eigenvalue weighted by atomic mass is 9.95. The highest BCUT2D eigenvalue weighted by Crippen LogP contribution is 2.55. The summed E-state index contributed by atoms with van der Waals surface area (Å²) < 4.78 is 119. The van der Waals surface area contributed by atoms with E-state index in [0.717, 1.165) is 0 Å². The molecule has 228 valence electrons. The standard InChI is InChI=1S/C22H26F9N3O6/c23-20(24,25)15(21(26,27)28)6-13(35)18(39)34-9-19(2-3-19)7-12(34)17(38)33-11(5-10-1-4-32-16(10)37)14(36)8-40-22(29,30)31/h10-13,15,35H,1-9H2,(H,32,37)(H,33,38)/t10?,11?,12-,13?/m0/s1. The lowest BCUT2D eigenvalue weighted by molar-refractivity contribution is -0.321. The van der Waals surface area contributed by atoms with Gasteiger partial charge in [-0.15, -0.1) is 13.2 Å². The van der Waals surface area contributed by atoms with Crippen LogP contribution >= 0.6 is 0 Å². The van der Waals surface area contributed by atoms with Gasteiger partial charge in [0.1, 0.15) is 18.8 Å². The van der Waals surface area contributed by atoms with Crippen LogP contribution in [0.1, 0.15) is 38.5 Å². The number of aliphatic hydroxyl groups is 1. The Balaban J connectivity index is 1.77. The van der Waals surface area contributed by atoms with Gasteiger partial charge in [0.15, 0.2) is 11.7 Å². The molecule has 0 aromatic heterocycles. The van der Waals surface area contributed by atoms with E-state index in [4.69, 9.17) is 0 Å². The summed E-state index contributed by atoms with van der Waals surface area (Å²) in [5.74, 6) is -9.36. The zero-order chi connectivity index (χ0) is 30.3. The number of aliphatic hydroxyl groups excluding tert-OH is 1. The number of hydrogen-bond acceptors (Lipinski definition) is 6. The summed E-state index contributed by atoms with van der Waals surface area (Å²) in [4.78, 5) is 51.0. The third kappa shape index (κ3) is 7.98. The zero-order valence-corrected chi connectivity index (χ0v) is 20.6. The first kappa shape index (κ1) is 31.9. The molecule has 40 heavy (non-hydrogen) atoms. The summed E-state index contributed by atoms with van der Waals surface area (Å²) in [5, 5.41) is 14.7. The molecule has 2 heterocycles. The number of carbonyl (C=O) groups is 4. The molecule has 2 saturated heterocycles. The molecule has 1 aliphatic carbocycles. The fourth-order valence-corrected chi connectivity index (χ4v) is 4.98. The average Bonchev–Trinajstić information content (AvgIpc) is 3.27. The van der Waals surface area contributed by atoms with E-state index < -0.39 is 97.1 Å². The van der Waals surface area contributed by atoms with Crippen LogP contribution in [0, 0.1) is 17.3 Å². The van der Waals surface area contributed by atoms with Gasteiger partial charge in [0.05, 0.1) is 6.04 Å². The Morgan fingerprint density at radius 3 is 2.15 bits per heavy atom. The Labute approximate surface area is 220 Å². The van der Waals surface area contributed by atoms with E-state index in [2.05, 4.69) is 15.4 Å². The van der Waals surface area contributed by atoms with Crippen LogP contribution in [0.4, 0.5) is 39.5 Å². The lowest BCUT2D eigenvalue weighted by Gasteiger charge is -2.30. The SMILES string of the molecule is O=C1NCCC1CC(NC(=O)[C@@H]1CC2(CC2)CN1C(=O)C(O)CC(C(F)(F)F)C(F)(F)F)C(=O)COC(F)(F)F. The highest BCUT2D eigenvalue weighted by molar-refractivity contribution is 5.95. The third-order valence-corrected chi connectivity index (χ3v) is 7.35. The van der Waals surface area contributed by atoms with Gasteiger partial charge < -0.3 is 20.6 Å². The van der Waals surface area contributed by atoms with Gasteiger partial charge in [-0.25, -0.2) is 0 Å². The zero-order valence-electron chi connectivity index (χ0n) is 20.6. The minimum absolute atomic E-state index is 0.108. The Bertz CT molecular complexity index is 982. The van der Waals surface area contributed by atoms with Crippen molar-refractivity contribution in [1.82, 2.24) is 15.5 Å². The number of rotatable bonds is 10. The second-order valence-electron chi connectivity index (χ2n) is 10.3. The van der Waals surface area contributed by atoms with Crippen LogP contribution in [0.15, 0.2) is 0 Å². The fraction of sp³-hybridized carbons (Fsp3) is 0.818. The summed E-state index contributed by atoms with van der Waals surface area (Å²) in [6.07, 6.45) is -21.1. The van der Waals surface area contributed by atoms with Crippen molar-refractivity contribution < 1.29 is 68.5 Å². The topological polar surface area (TPSA) is 125 Å². The largest absolute Gasteiger partial charge is 0.522 e. The van der Waals surface area contributed by atoms with Gasteiger partial charge in [0, 0.05) is 25.4 Å². The van der Waals surface area contributed by atoms with Gasteiger partial charge in [-0.3, -0.25) is 23.9 Å². The predicted molar refractivity (Wildman–Crippen MR) is 113 cm³/mol. The summed E-state index contributed by atoms with van der Waals surface area (Å²) >= 11 is 0. The Kier molecular flexibility index (Phi) is 9.03. The van der Waals surface area contributed by atoms with E-state index in [1.54, 1.807) is 0 Å². The van der Waals surface area contributed by atoms with E-state index in [1.807, 2.05) is 0 Å². The molecule has 0 aromatic carbocycles. The predicted octanol–water partition coefficient (Wildman–Crippen LogP) is 1.98. The van der Waals surface area contributed by atoms with Crippen molar-refractivity contribution in [2.45, 2.75) is 75.4 Å². The summed E-state index contributed by atoms with van der Waals surface area (Å²) in [7, 11) is 0. The highest BCUT2D eigenvalue weighted by Gasteiger charge is 2.59. The Morgan fingerprint density at radius 2 is 1.68 bits per heavy atom. The number of alkyl halides is 9. The molecule has 3 rings (SSSR count). The Morgan fingerprint density at radius 1 is 1.07 bits per heavy atom. The monoisotopic (exact) mass is 599 g/mol. The number of halogens is 9. The smallest absolute Gasteiger partial charge is 0.383 e. The number of Topliss-reactive ketones (excluding diaryl/α,β-unsaturated/α-hetero) is 1. The second-order valence-corrected chi connectivity index (χ2v) is 10.3. The van der Waals surface area contributed by atoms with Crippen LogP contribution in [-0.2, 0) is 23.9 Å². The van der Waals surface area contributed by atoms with Crippen molar-refractivity contribution in [1.29, 1.82) is 0 Å². The average molecular weight is 599 g/mol. The molecule has 3 unspecified atom stereocenters. The molecule has 0 radical (unpaired) electrons. The van der Waals surface area contributed by atoms with Crippen molar-refractivity contribution in [2.24, 2.45) is 17.3 Å². The van der Waals surface area contributed by atoms with Gasteiger partial charge in [-0.2, -0.15) is 26.3 Å². The fourth-order valence-electron chi connectivity index (χ4n) is 4.98. The molecule has 4 atom stereocenters. The van der Waals surface area contributed by atoms with Crippen LogP contribution in [0.25, 0.3) is 0 Å². The van der Waals surface area contributed by atoms with Crippen LogP contribution in [-0.4, -0.2) is 90.1 Å². The molecule has 9 nitrogen and oxygen atoms in total. The van der Waals surface area contributed by atoms with Crippen LogP contribution in [0.2, 0.25) is 0 Å². The number of nitrogens with zero attached hydrogens (tertiary/aromatic N) is 1. The molecule has 1 spiro atoms. The highest BCUT2D eigenvalue weighted by atomic mass is 19.4. The van der Waals surface area contributed by atoms with Crippen molar-refractivity contribution in [3.63, 3.8) is 0 Å². The molecule has 3 fully saturated rings. The summed E-state index contributed by atoms with van der Waals surface area (Å²) in [6.45, 7) is -1.58. The van der Waals surface area contributed by atoms with E-state index in [9.17, 15) is 63.8 Å². The van der Waals surface area contributed by atoms with Gasteiger partial charge in [0.25, 0.3) is 5.91 Å². The quantitative estimate of drug-likeness (QED) is 0.330. The molecule has 0 bridgehead atoms. The first-order valence-electron chi connectivity index (χ1n) is 12.2. The number of carbonyl (C=O) groups excluding carboxylic acids is 4. The van der Waals surface area contributed by atoms with Gasteiger partial charge in [0.2, 0.25) is 11.8 Å². The minimum Gasteiger partial charge on any atom is -0.383 e. The maximum Gasteiger partial charge on any atom is 0.522 e. The number of ether oxygens (including phenoxy) is 1. The van der Waals surface area contributed by atoms with Crippen molar-refractivity contribution in [2.75, 3.05) is 19.7 Å². The van der Waals surface area contributed by atoms with E-state index in [1.165, 1.54) is 0 Å². The normalized spacial score (nSPS) is 24.3. The third-order valence-electron chi connectivity index (χ3n) is 7.35. The second kappa shape index (κ2) is 11.3. The summed E-state index contributed by atoms with van der Waals surface area (Å²) in [5.41, 5.74) is -0.685. The number of hydrogen-bond donors (Lipinski definition) is 3. The maximum absolute atomic E-state index is 13.1. The number of nitrogens with one attached hydrogen (secondary N) is 2. The van der Waals surface area contributed by atoms with Gasteiger partial charge in [-0.1, -0.05) is 0 Å². The first-order chi connectivity index (χ1) is 18.2. The first-order valence-corrected chi connectivity index (χ1v) is 12.2. The van der Waals surface area contributed by atoms with E-state index in [-0.39, 0.29) is 25.9 Å². The van der Waals surface area contributed by atoms with Crippen molar-refractivity contribution in [3.8, 4) is 0 Å². The molecule has 1 saturated carbocycles. The minimum atomic E-state index is -5.82. The maximum atomic E-state index is 13.1. The molecule has 0 aromatic rings. The molecular formula is C22H26F9N3O6. The molecule has 2 aliphatic heterocycles. The molecule has 3 amide bonds. The van der Waals surface area contributed by atoms with Gasteiger partial charge >= 0.3 is 18.7 Å². The van der Waals surface area contributed by atoms with Crippen LogP contribution in [0.3, 0.4) is 0 Å². The van der Waals surface area contributed by atoms with Gasteiger partial charge in [-0.05, 0) is 37.5 Å². The van der Waals surface area contributed by atoms with Crippen LogP contribution < -0.4 is 10.6 Å². The Hall–Kier alpha value is -2.63. The molecule has 18 heteroatoms. The van der Waals surface area contributed by atoms with Crippen LogP contribution in [0.5, 0.6) is 0 Å². The van der Waals surface area contributed by atoms with E-state index >= 15 is 0 Å². The number of amides is 3. The molecule has 3 N–H and O–H groups in total.